The molecule has 3 saturated carbocycles. The van der Waals surface area contributed by atoms with Crippen LogP contribution < -0.4 is 5.32 Å². The molecule has 1 heteroatoms. The zero-order valence-corrected chi connectivity index (χ0v) is 8.37. The van der Waals surface area contributed by atoms with Crippen LogP contribution in [0.3, 0.4) is 0 Å². The van der Waals surface area contributed by atoms with Crippen molar-refractivity contribution >= 4 is 0 Å². The highest BCUT2D eigenvalue weighted by molar-refractivity contribution is 5.17. The summed E-state index contributed by atoms with van der Waals surface area (Å²) in [5, 5.41) is 3.69. The van der Waals surface area contributed by atoms with Gasteiger partial charge in [-0.1, -0.05) is 6.08 Å². The van der Waals surface area contributed by atoms with Gasteiger partial charge in [-0.15, -0.1) is 6.58 Å². The van der Waals surface area contributed by atoms with Crippen molar-refractivity contribution in [1.29, 1.82) is 0 Å². The van der Waals surface area contributed by atoms with Gasteiger partial charge in [0.05, 0.1) is 0 Å². The molecule has 3 aliphatic rings. The lowest BCUT2D eigenvalue weighted by Crippen LogP contribution is -2.30. The topological polar surface area (TPSA) is 12.0 Å². The maximum absolute atomic E-state index is 3.83. The van der Waals surface area contributed by atoms with E-state index in [1.54, 1.807) is 6.42 Å². The highest BCUT2D eigenvalue weighted by atomic mass is 15.0. The van der Waals surface area contributed by atoms with Crippen molar-refractivity contribution in [2.75, 3.05) is 0 Å². The Morgan fingerprint density at radius 3 is 2.46 bits per heavy atom. The Labute approximate surface area is 80.6 Å². The molecular formula is C12H19N. The molecule has 3 aliphatic carbocycles. The van der Waals surface area contributed by atoms with Crippen molar-refractivity contribution in [2.24, 2.45) is 23.7 Å². The SMILES string of the molecule is C=CC(C)NC1C2C3CCC(C3)C12. The first-order chi connectivity index (χ1) is 6.31. The first-order valence-corrected chi connectivity index (χ1v) is 5.70. The van der Waals surface area contributed by atoms with Crippen LogP contribution in [-0.4, -0.2) is 12.1 Å². The number of nitrogens with one attached hydrogen (secondary N) is 1. The summed E-state index contributed by atoms with van der Waals surface area (Å²) in [6.45, 7) is 6.04. The Hall–Kier alpha value is -0.300. The minimum Gasteiger partial charge on any atom is -0.307 e. The molecule has 5 atom stereocenters. The number of hydrogen-bond acceptors (Lipinski definition) is 1. The van der Waals surface area contributed by atoms with Gasteiger partial charge in [-0.25, -0.2) is 0 Å². The largest absolute Gasteiger partial charge is 0.307 e. The van der Waals surface area contributed by atoms with E-state index in [1.807, 2.05) is 6.08 Å². The molecule has 3 fully saturated rings. The molecule has 0 spiro atoms. The van der Waals surface area contributed by atoms with Gasteiger partial charge in [0.2, 0.25) is 0 Å². The van der Waals surface area contributed by atoms with Gasteiger partial charge in [0.25, 0.3) is 0 Å². The maximum atomic E-state index is 3.83. The van der Waals surface area contributed by atoms with Gasteiger partial charge in [0.1, 0.15) is 0 Å². The predicted molar refractivity (Wildman–Crippen MR) is 54.4 cm³/mol. The summed E-state index contributed by atoms with van der Waals surface area (Å²) in [7, 11) is 0. The van der Waals surface area contributed by atoms with Gasteiger partial charge in [0, 0.05) is 12.1 Å². The molecule has 0 saturated heterocycles. The van der Waals surface area contributed by atoms with Crippen molar-refractivity contribution in [3.05, 3.63) is 12.7 Å². The van der Waals surface area contributed by atoms with Crippen LogP contribution in [0.15, 0.2) is 12.7 Å². The van der Waals surface area contributed by atoms with Gasteiger partial charge in [-0.05, 0) is 49.9 Å². The van der Waals surface area contributed by atoms with Crippen LogP contribution in [0.1, 0.15) is 26.2 Å². The van der Waals surface area contributed by atoms with E-state index in [1.165, 1.54) is 12.8 Å². The van der Waals surface area contributed by atoms with E-state index >= 15 is 0 Å². The highest BCUT2D eigenvalue weighted by Crippen LogP contribution is 2.65. The number of fused-ring (bicyclic) bond motifs is 5. The van der Waals surface area contributed by atoms with E-state index in [2.05, 4.69) is 18.8 Å². The average molecular weight is 177 g/mol. The lowest BCUT2D eigenvalue weighted by atomic mass is 10.0. The minimum absolute atomic E-state index is 0.509. The van der Waals surface area contributed by atoms with Crippen molar-refractivity contribution in [2.45, 2.75) is 38.3 Å². The zero-order chi connectivity index (χ0) is 9.00. The number of hydrogen-bond donors (Lipinski definition) is 1. The van der Waals surface area contributed by atoms with Gasteiger partial charge < -0.3 is 5.32 Å². The lowest BCUT2D eigenvalue weighted by molar-refractivity contribution is 0.450. The summed E-state index contributed by atoms with van der Waals surface area (Å²) in [4.78, 5) is 0. The quantitative estimate of drug-likeness (QED) is 0.652. The third-order valence-corrected chi connectivity index (χ3v) is 4.54. The Morgan fingerprint density at radius 2 is 1.92 bits per heavy atom. The fraction of sp³-hybridized carbons (Fsp3) is 0.833. The molecule has 13 heavy (non-hydrogen) atoms. The molecular weight excluding hydrogens is 158 g/mol. The van der Waals surface area contributed by atoms with E-state index in [4.69, 9.17) is 0 Å². The van der Waals surface area contributed by atoms with Crippen molar-refractivity contribution in [1.82, 2.24) is 5.32 Å². The van der Waals surface area contributed by atoms with Crippen molar-refractivity contribution < 1.29 is 0 Å². The van der Waals surface area contributed by atoms with Gasteiger partial charge >= 0.3 is 0 Å². The lowest BCUT2D eigenvalue weighted by Gasteiger charge is -2.13. The normalized spacial score (nSPS) is 53.2. The molecule has 0 amide bonds. The summed E-state index contributed by atoms with van der Waals surface area (Å²) in [6.07, 6.45) is 6.62. The van der Waals surface area contributed by atoms with Crippen LogP contribution in [0.4, 0.5) is 0 Å². The molecule has 72 valence electrons. The number of rotatable bonds is 3. The molecule has 1 nitrogen and oxygen atoms in total. The first kappa shape index (κ1) is 8.05. The third-order valence-electron chi connectivity index (χ3n) is 4.54. The second-order valence-corrected chi connectivity index (χ2v) is 5.20. The van der Waals surface area contributed by atoms with Crippen molar-refractivity contribution in [3.8, 4) is 0 Å². The maximum Gasteiger partial charge on any atom is 0.0221 e. The third kappa shape index (κ3) is 1.03. The van der Waals surface area contributed by atoms with E-state index in [-0.39, 0.29) is 0 Å². The molecule has 1 N–H and O–H groups in total. The van der Waals surface area contributed by atoms with Crippen LogP contribution in [0, 0.1) is 23.7 Å². The predicted octanol–water partition coefficient (Wildman–Crippen LogP) is 2.20. The Kier molecular flexibility index (Phi) is 1.61. The van der Waals surface area contributed by atoms with E-state index in [9.17, 15) is 0 Å². The zero-order valence-electron chi connectivity index (χ0n) is 8.37. The van der Waals surface area contributed by atoms with E-state index in [0.29, 0.717) is 6.04 Å². The summed E-state index contributed by atoms with van der Waals surface area (Å²) in [5.41, 5.74) is 0. The Morgan fingerprint density at radius 1 is 1.31 bits per heavy atom. The molecule has 0 radical (unpaired) electrons. The van der Waals surface area contributed by atoms with Crippen LogP contribution in [0.2, 0.25) is 0 Å². The molecule has 0 aromatic carbocycles. The average Bonchev–Trinajstić information content (AvgIpc) is 2.60. The highest BCUT2D eigenvalue weighted by Gasteiger charge is 2.64. The van der Waals surface area contributed by atoms with Crippen LogP contribution in [0.25, 0.3) is 0 Å². The molecule has 5 unspecified atom stereocenters. The smallest absolute Gasteiger partial charge is 0.0221 e. The molecule has 3 rings (SSSR count). The Balaban J connectivity index is 1.63. The standard InChI is InChI=1S/C12H19N/c1-3-7(2)13-12-10-8-4-5-9(6-8)11(10)12/h3,7-13H,1,4-6H2,2H3. The molecule has 0 aromatic rings. The fourth-order valence-corrected chi connectivity index (χ4v) is 3.92. The summed E-state index contributed by atoms with van der Waals surface area (Å²) in [5.74, 6) is 4.29. The van der Waals surface area contributed by atoms with Gasteiger partial charge in [0.15, 0.2) is 0 Å². The molecule has 0 aliphatic heterocycles. The van der Waals surface area contributed by atoms with Crippen LogP contribution >= 0.6 is 0 Å². The molecule has 2 bridgehead atoms. The second-order valence-electron chi connectivity index (χ2n) is 5.20. The van der Waals surface area contributed by atoms with E-state index in [0.717, 1.165) is 29.7 Å². The van der Waals surface area contributed by atoms with Crippen molar-refractivity contribution in [3.63, 3.8) is 0 Å². The van der Waals surface area contributed by atoms with E-state index < -0.39 is 0 Å². The summed E-state index contributed by atoms with van der Waals surface area (Å²) in [6, 6.07) is 1.37. The minimum atomic E-state index is 0.509. The summed E-state index contributed by atoms with van der Waals surface area (Å²) < 4.78 is 0. The Bertz CT molecular complexity index is 219. The second kappa shape index (κ2) is 2.60. The van der Waals surface area contributed by atoms with Crippen LogP contribution in [-0.2, 0) is 0 Å². The molecule has 0 heterocycles. The first-order valence-electron chi connectivity index (χ1n) is 5.70. The molecule has 0 aromatic heterocycles. The van der Waals surface area contributed by atoms with Gasteiger partial charge in [-0.3, -0.25) is 0 Å². The fourth-order valence-electron chi connectivity index (χ4n) is 3.92. The van der Waals surface area contributed by atoms with Gasteiger partial charge in [-0.2, -0.15) is 0 Å². The summed E-state index contributed by atoms with van der Waals surface area (Å²) >= 11 is 0. The monoisotopic (exact) mass is 177 g/mol. The van der Waals surface area contributed by atoms with Crippen LogP contribution in [0.5, 0.6) is 0 Å².